The predicted molar refractivity (Wildman–Crippen MR) is 117 cm³/mol. The number of nitrogens with one attached hydrogen (secondary N) is 1. The molecule has 1 N–H and O–H groups in total. The van der Waals surface area contributed by atoms with Crippen molar-refractivity contribution in [2.75, 3.05) is 31.2 Å². The molecule has 0 aliphatic carbocycles. The minimum Gasteiger partial charge on any atom is -0.346 e. The number of fused-ring (bicyclic) bond motifs is 1. The minimum atomic E-state index is -3.36. The normalized spacial score (nSPS) is 11.9. The zero-order valence-corrected chi connectivity index (χ0v) is 17.9. The molecule has 6 nitrogen and oxygen atoms in total. The van der Waals surface area contributed by atoms with E-state index in [1.54, 1.807) is 12.1 Å². The van der Waals surface area contributed by atoms with Crippen LogP contribution in [0.3, 0.4) is 0 Å². The van der Waals surface area contributed by atoms with Gasteiger partial charge in [-0.2, -0.15) is 0 Å². The van der Waals surface area contributed by atoms with Gasteiger partial charge in [-0.25, -0.2) is 8.42 Å². The Balaban J connectivity index is 1.75. The number of amides is 1. The van der Waals surface area contributed by atoms with E-state index in [1.807, 2.05) is 24.3 Å². The van der Waals surface area contributed by atoms with E-state index in [9.17, 15) is 13.2 Å². The van der Waals surface area contributed by atoms with Crippen molar-refractivity contribution >= 4 is 32.3 Å². The van der Waals surface area contributed by atoms with Crippen LogP contribution in [0.5, 0.6) is 0 Å². The van der Waals surface area contributed by atoms with Crippen LogP contribution >= 0.6 is 0 Å². The van der Waals surface area contributed by atoms with Crippen molar-refractivity contribution in [2.24, 2.45) is 0 Å². The molecule has 0 radical (unpaired) electrons. The van der Waals surface area contributed by atoms with Crippen LogP contribution in [0.1, 0.15) is 24.2 Å². The van der Waals surface area contributed by atoms with Crippen LogP contribution in [0, 0.1) is 0 Å². The van der Waals surface area contributed by atoms with E-state index in [2.05, 4.69) is 34.8 Å². The Hall–Kier alpha value is -2.64. The molecule has 0 unspecified atom stereocenters. The third kappa shape index (κ3) is 5.05. The maximum atomic E-state index is 12.6. The van der Waals surface area contributed by atoms with Crippen LogP contribution in [0.15, 0.2) is 59.6 Å². The maximum absolute atomic E-state index is 12.6. The van der Waals surface area contributed by atoms with Gasteiger partial charge >= 0.3 is 0 Å². The van der Waals surface area contributed by atoms with E-state index in [-0.39, 0.29) is 10.8 Å². The van der Waals surface area contributed by atoms with Gasteiger partial charge in [-0.15, -0.1) is 0 Å². The van der Waals surface area contributed by atoms with Crippen molar-refractivity contribution in [2.45, 2.75) is 25.3 Å². The van der Waals surface area contributed by atoms with E-state index in [0.29, 0.717) is 11.3 Å². The average Bonchev–Trinajstić information content (AvgIpc) is 3.10. The Labute approximate surface area is 172 Å². The molecule has 0 aliphatic rings. The zero-order valence-electron chi connectivity index (χ0n) is 17.1. The lowest BCUT2D eigenvalue weighted by molar-refractivity contribution is 0.102. The summed E-state index contributed by atoms with van der Waals surface area (Å²) in [5.41, 5.74) is 2.10. The zero-order chi connectivity index (χ0) is 21.0. The van der Waals surface area contributed by atoms with Gasteiger partial charge in [-0.1, -0.05) is 19.9 Å². The van der Waals surface area contributed by atoms with Crippen molar-refractivity contribution in [3.05, 3.63) is 60.3 Å². The molecule has 2 aromatic carbocycles. The molecule has 0 saturated heterocycles. The summed E-state index contributed by atoms with van der Waals surface area (Å²) in [5, 5.41) is 3.90. The van der Waals surface area contributed by atoms with Gasteiger partial charge in [0, 0.05) is 47.7 Å². The van der Waals surface area contributed by atoms with Crippen LogP contribution < -0.4 is 5.32 Å². The summed E-state index contributed by atoms with van der Waals surface area (Å²) in [4.78, 5) is 15.1. The molecule has 3 aromatic rings. The highest BCUT2D eigenvalue weighted by Gasteiger charge is 2.12. The topological polar surface area (TPSA) is 71.4 Å². The van der Waals surface area contributed by atoms with Gasteiger partial charge in [0.05, 0.1) is 4.90 Å². The number of aromatic nitrogens is 1. The van der Waals surface area contributed by atoms with Gasteiger partial charge < -0.3 is 14.8 Å². The van der Waals surface area contributed by atoms with Crippen molar-refractivity contribution in [1.82, 2.24) is 9.47 Å². The third-order valence-corrected chi connectivity index (χ3v) is 6.22. The summed E-state index contributed by atoms with van der Waals surface area (Å²) < 4.78 is 25.6. The SMILES string of the molecule is CCN(CC)CCn1ccc2cc(NC(=O)c3cccc(S(C)(=O)=O)c3)ccc21. The number of benzene rings is 2. The fraction of sp³-hybridized carbons (Fsp3) is 0.318. The van der Waals surface area contributed by atoms with Gasteiger partial charge in [0.2, 0.25) is 0 Å². The molecule has 0 bridgehead atoms. The van der Waals surface area contributed by atoms with Gasteiger partial charge in [0.1, 0.15) is 0 Å². The van der Waals surface area contributed by atoms with Crippen molar-refractivity contribution in [3.63, 3.8) is 0 Å². The van der Waals surface area contributed by atoms with Crippen molar-refractivity contribution in [1.29, 1.82) is 0 Å². The van der Waals surface area contributed by atoms with E-state index in [1.165, 1.54) is 12.1 Å². The summed E-state index contributed by atoms with van der Waals surface area (Å²) in [7, 11) is -3.36. The van der Waals surface area contributed by atoms with E-state index < -0.39 is 9.84 Å². The molecule has 154 valence electrons. The first-order valence-corrected chi connectivity index (χ1v) is 11.6. The number of likely N-dealkylation sites (N-methyl/N-ethyl adjacent to an activating group) is 1. The first-order chi connectivity index (χ1) is 13.8. The first-order valence-electron chi connectivity index (χ1n) is 9.74. The van der Waals surface area contributed by atoms with Crippen LogP contribution in [-0.4, -0.2) is 49.7 Å². The molecule has 1 aromatic heterocycles. The van der Waals surface area contributed by atoms with Crippen LogP contribution in [0.25, 0.3) is 10.9 Å². The number of carbonyl (C=O) groups is 1. The second-order valence-electron chi connectivity index (χ2n) is 7.06. The number of sulfone groups is 1. The lowest BCUT2D eigenvalue weighted by Gasteiger charge is -2.18. The molecule has 7 heteroatoms. The monoisotopic (exact) mass is 413 g/mol. The average molecular weight is 414 g/mol. The lowest BCUT2D eigenvalue weighted by Crippen LogP contribution is -2.26. The number of anilines is 1. The van der Waals surface area contributed by atoms with E-state index in [0.717, 1.165) is 43.3 Å². The highest BCUT2D eigenvalue weighted by atomic mass is 32.2. The largest absolute Gasteiger partial charge is 0.346 e. The molecular weight excluding hydrogens is 386 g/mol. The summed E-state index contributed by atoms with van der Waals surface area (Å²) in [6, 6.07) is 13.9. The fourth-order valence-corrected chi connectivity index (χ4v) is 4.00. The highest BCUT2D eigenvalue weighted by Crippen LogP contribution is 2.21. The number of carbonyl (C=O) groups excluding carboxylic acids is 1. The molecule has 0 atom stereocenters. The summed E-state index contributed by atoms with van der Waals surface area (Å²) >= 11 is 0. The Bertz CT molecular complexity index is 1120. The van der Waals surface area contributed by atoms with Crippen molar-refractivity contribution in [3.8, 4) is 0 Å². The molecule has 0 saturated carbocycles. The molecule has 0 aliphatic heterocycles. The second-order valence-corrected chi connectivity index (χ2v) is 9.08. The van der Waals surface area contributed by atoms with E-state index in [4.69, 9.17) is 0 Å². The highest BCUT2D eigenvalue weighted by molar-refractivity contribution is 7.90. The Morgan fingerprint density at radius 3 is 2.52 bits per heavy atom. The standard InChI is InChI=1S/C22H27N3O3S/c1-4-24(5-2)13-14-25-12-11-17-15-19(9-10-21(17)25)23-22(26)18-7-6-8-20(16-18)29(3,27)28/h6-12,15-16H,4-5,13-14H2,1-3H3,(H,23,26). The van der Waals surface area contributed by atoms with Gasteiger partial charge in [0.25, 0.3) is 5.91 Å². The van der Waals surface area contributed by atoms with Crippen molar-refractivity contribution < 1.29 is 13.2 Å². The molecular formula is C22H27N3O3S. The van der Waals surface area contributed by atoms with Gasteiger partial charge in [0.15, 0.2) is 9.84 Å². The Morgan fingerprint density at radius 1 is 1.07 bits per heavy atom. The Morgan fingerprint density at radius 2 is 1.83 bits per heavy atom. The molecule has 1 amide bonds. The van der Waals surface area contributed by atoms with Crippen LogP contribution in [0.4, 0.5) is 5.69 Å². The van der Waals surface area contributed by atoms with Crippen LogP contribution in [0.2, 0.25) is 0 Å². The smallest absolute Gasteiger partial charge is 0.255 e. The Kier molecular flexibility index (Phi) is 6.39. The molecule has 1 heterocycles. The number of hydrogen-bond donors (Lipinski definition) is 1. The predicted octanol–water partition coefficient (Wildman–Crippen LogP) is 3.64. The fourth-order valence-electron chi connectivity index (χ4n) is 3.33. The van der Waals surface area contributed by atoms with Gasteiger partial charge in [-0.05, 0) is 55.6 Å². The summed E-state index contributed by atoms with van der Waals surface area (Å²) in [6.45, 7) is 8.30. The summed E-state index contributed by atoms with van der Waals surface area (Å²) in [6.07, 6.45) is 3.19. The maximum Gasteiger partial charge on any atom is 0.255 e. The molecule has 3 rings (SSSR count). The lowest BCUT2D eigenvalue weighted by atomic mass is 10.2. The third-order valence-electron chi connectivity index (χ3n) is 5.10. The second kappa shape index (κ2) is 8.80. The van der Waals surface area contributed by atoms with Gasteiger partial charge in [-0.3, -0.25) is 4.79 Å². The molecule has 0 spiro atoms. The van der Waals surface area contributed by atoms with E-state index >= 15 is 0 Å². The molecule has 29 heavy (non-hydrogen) atoms. The number of nitrogens with zero attached hydrogens (tertiary/aromatic N) is 2. The first kappa shape index (κ1) is 21.1. The summed E-state index contributed by atoms with van der Waals surface area (Å²) in [5.74, 6) is -0.337. The number of hydrogen-bond acceptors (Lipinski definition) is 4. The minimum absolute atomic E-state index is 0.130. The quantitative estimate of drug-likeness (QED) is 0.612. The number of rotatable bonds is 8. The molecule has 0 fully saturated rings. The van der Waals surface area contributed by atoms with Crippen LogP contribution in [-0.2, 0) is 16.4 Å².